The Bertz CT molecular complexity index is 739. The first kappa shape index (κ1) is 17.3. The van der Waals surface area contributed by atoms with Crippen molar-refractivity contribution in [3.05, 3.63) is 41.9 Å². The molecule has 1 spiro atoms. The van der Waals surface area contributed by atoms with Gasteiger partial charge in [0.2, 0.25) is 5.91 Å². The zero-order valence-electron chi connectivity index (χ0n) is 15.5. The molecular weight excluding hydrogens is 328 g/mol. The number of aromatic nitrogens is 2. The van der Waals surface area contributed by atoms with Crippen LogP contribution >= 0.6 is 0 Å². The molecule has 6 heteroatoms. The molecule has 26 heavy (non-hydrogen) atoms. The molecule has 2 saturated heterocycles. The Morgan fingerprint density at radius 2 is 2.23 bits per heavy atom. The van der Waals surface area contributed by atoms with Crippen LogP contribution < -0.4 is 0 Å². The van der Waals surface area contributed by atoms with Gasteiger partial charge in [-0.15, -0.1) is 0 Å². The number of amides is 1. The number of aromatic amines is 1. The topological polar surface area (TPSA) is 65.4 Å². The maximum absolute atomic E-state index is 12.4. The molecule has 2 fully saturated rings. The molecule has 0 aliphatic carbocycles. The molecule has 1 atom stereocenters. The van der Waals surface area contributed by atoms with Gasteiger partial charge in [0.05, 0.1) is 12.9 Å². The normalized spacial score (nSPS) is 24.5. The van der Waals surface area contributed by atoms with Crippen molar-refractivity contribution < 1.29 is 9.21 Å². The highest BCUT2D eigenvalue weighted by molar-refractivity contribution is 5.77. The van der Waals surface area contributed by atoms with E-state index < -0.39 is 0 Å². The van der Waals surface area contributed by atoms with Crippen LogP contribution in [0.1, 0.15) is 42.9 Å². The summed E-state index contributed by atoms with van der Waals surface area (Å²) in [6.07, 6.45) is 8.49. The molecule has 4 rings (SSSR count). The number of aryl methyl sites for hydroxylation is 1. The van der Waals surface area contributed by atoms with Gasteiger partial charge >= 0.3 is 0 Å². The van der Waals surface area contributed by atoms with Gasteiger partial charge in [-0.1, -0.05) is 0 Å². The molecule has 140 valence electrons. The molecule has 0 bridgehead atoms. The number of rotatable bonds is 5. The van der Waals surface area contributed by atoms with Gasteiger partial charge in [0.25, 0.3) is 0 Å². The summed E-state index contributed by atoms with van der Waals surface area (Å²) in [6.45, 7) is 6.70. The molecular formula is C20H28N4O2. The summed E-state index contributed by atoms with van der Waals surface area (Å²) in [4.78, 5) is 24.2. The fourth-order valence-electron chi connectivity index (χ4n) is 4.55. The highest BCUT2D eigenvalue weighted by atomic mass is 16.3. The van der Waals surface area contributed by atoms with E-state index in [1.165, 1.54) is 12.8 Å². The SMILES string of the molecule is Cc1ccc(CN2CCC[C@@]3(CCC(=O)N(CCc4cnc[nH]4)C3)C2)o1. The fourth-order valence-corrected chi connectivity index (χ4v) is 4.55. The molecule has 1 N–H and O–H groups in total. The largest absolute Gasteiger partial charge is 0.465 e. The van der Waals surface area contributed by atoms with Gasteiger partial charge in [0.15, 0.2) is 0 Å². The predicted molar refractivity (Wildman–Crippen MR) is 98.5 cm³/mol. The van der Waals surface area contributed by atoms with Crippen LogP contribution in [0.15, 0.2) is 29.1 Å². The van der Waals surface area contributed by atoms with Crippen molar-refractivity contribution in [1.29, 1.82) is 0 Å². The van der Waals surface area contributed by atoms with Gasteiger partial charge in [-0.2, -0.15) is 0 Å². The minimum Gasteiger partial charge on any atom is -0.465 e. The van der Waals surface area contributed by atoms with Crippen LogP contribution in [0.25, 0.3) is 0 Å². The molecule has 2 aliphatic heterocycles. The summed E-state index contributed by atoms with van der Waals surface area (Å²) in [7, 11) is 0. The number of carbonyl (C=O) groups is 1. The molecule has 2 aromatic rings. The summed E-state index contributed by atoms with van der Waals surface area (Å²) in [5.74, 6) is 2.32. The molecule has 4 heterocycles. The Morgan fingerprint density at radius 1 is 1.31 bits per heavy atom. The zero-order valence-corrected chi connectivity index (χ0v) is 15.5. The first-order valence-corrected chi connectivity index (χ1v) is 9.65. The van der Waals surface area contributed by atoms with Crippen LogP contribution in [0, 0.1) is 12.3 Å². The van der Waals surface area contributed by atoms with Crippen LogP contribution in [-0.2, 0) is 17.8 Å². The Morgan fingerprint density at radius 3 is 3.00 bits per heavy atom. The highest BCUT2D eigenvalue weighted by Crippen LogP contribution is 2.39. The van der Waals surface area contributed by atoms with Crippen LogP contribution in [0.2, 0.25) is 0 Å². The first-order chi connectivity index (χ1) is 12.6. The highest BCUT2D eigenvalue weighted by Gasteiger charge is 2.41. The fraction of sp³-hybridized carbons (Fsp3) is 0.600. The van der Waals surface area contributed by atoms with Crippen molar-refractivity contribution in [1.82, 2.24) is 19.8 Å². The molecule has 6 nitrogen and oxygen atoms in total. The summed E-state index contributed by atoms with van der Waals surface area (Å²) < 4.78 is 5.76. The number of furan rings is 1. The van der Waals surface area contributed by atoms with Crippen molar-refractivity contribution >= 4 is 5.91 Å². The van der Waals surface area contributed by atoms with Gasteiger partial charge < -0.3 is 14.3 Å². The number of nitrogens with one attached hydrogen (secondary N) is 1. The maximum atomic E-state index is 12.4. The number of hydrogen-bond acceptors (Lipinski definition) is 4. The Hall–Kier alpha value is -2.08. The average molecular weight is 356 g/mol. The molecule has 0 unspecified atom stereocenters. The van der Waals surface area contributed by atoms with Crippen molar-refractivity contribution in [3.63, 3.8) is 0 Å². The van der Waals surface area contributed by atoms with Crippen LogP contribution in [0.5, 0.6) is 0 Å². The Labute approximate surface area is 154 Å². The minimum atomic E-state index is 0.238. The van der Waals surface area contributed by atoms with Gasteiger partial charge in [0, 0.05) is 49.8 Å². The predicted octanol–water partition coefficient (Wildman–Crippen LogP) is 2.76. The second-order valence-electron chi connectivity index (χ2n) is 7.97. The second kappa shape index (κ2) is 7.27. The Balaban J connectivity index is 1.38. The first-order valence-electron chi connectivity index (χ1n) is 9.65. The monoisotopic (exact) mass is 356 g/mol. The third kappa shape index (κ3) is 3.85. The summed E-state index contributed by atoms with van der Waals surface area (Å²) >= 11 is 0. The van der Waals surface area contributed by atoms with Crippen molar-refractivity contribution in [2.24, 2.45) is 5.41 Å². The zero-order chi connectivity index (χ0) is 18.0. The number of likely N-dealkylation sites (tertiary alicyclic amines) is 2. The van der Waals surface area contributed by atoms with Gasteiger partial charge in [-0.05, 0) is 44.9 Å². The van der Waals surface area contributed by atoms with Gasteiger partial charge in [-0.25, -0.2) is 4.98 Å². The standard InChI is InChI=1S/C20H28N4O2/c1-16-3-4-18(26-16)12-23-9-2-7-20(13-23)8-5-19(25)24(14-20)10-6-17-11-21-15-22-17/h3-4,11,15H,2,5-10,12-14H2,1H3,(H,21,22)/t20-/m1/s1. The number of nitrogens with zero attached hydrogens (tertiary/aromatic N) is 3. The summed E-state index contributed by atoms with van der Waals surface area (Å²) in [5.41, 5.74) is 1.33. The Kier molecular flexibility index (Phi) is 4.85. The second-order valence-corrected chi connectivity index (χ2v) is 7.97. The number of hydrogen-bond donors (Lipinski definition) is 1. The molecule has 1 amide bonds. The van der Waals surface area contributed by atoms with E-state index in [0.717, 1.165) is 62.8 Å². The van der Waals surface area contributed by atoms with E-state index in [1.807, 2.05) is 19.2 Å². The number of imidazole rings is 1. The summed E-state index contributed by atoms with van der Waals surface area (Å²) in [6, 6.07) is 4.11. The van der Waals surface area contributed by atoms with Crippen LogP contribution in [0.3, 0.4) is 0 Å². The third-order valence-electron chi connectivity index (χ3n) is 5.87. The molecule has 2 aromatic heterocycles. The number of piperidine rings is 2. The van der Waals surface area contributed by atoms with E-state index in [4.69, 9.17) is 4.42 Å². The quantitative estimate of drug-likeness (QED) is 0.895. The molecule has 0 aromatic carbocycles. The molecule has 2 aliphatic rings. The minimum absolute atomic E-state index is 0.238. The lowest BCUT2D eigenvalue weighted by molar-refractivity contribution is -0.139. The van der Waals surface area contributed by atoms with Crippen molar-refractivity contribution in [2.75, 3.05) is 26.2 Å². The van der Waals surface area contributed by atoms with E-state index >= 15 is 0 Å². The molecule has 0 saturated carbocycles. The van der Waals surface area contributed by atoms with Gasteiger partial charge in [-0.3, -0.25) is 9.69 Å². The molecule has 0 radical (unpaired) electrons. The van der Waals surface area contributed by atoms with Crippen LogP contribution in [0.4, 0.5) is 0 Å². The third-order valence-corrected chi connectivity index (χ3v) is 5.87. The van der Waals surface area contributed by atoms with Crippen LogP contribution in [-0.4, -0.2) is 51.9 Å². The number of carbonyl (C=O) groups excluding carboxylic acids is 1. The van der Waals surface area contributed by atoms with E-state index in [2.05, 4.69) is 25.8 Å². The van der Waals surface area contributed by atoms with E-state index in [1.54, 1.807) is 6.33 Å². The van der Waals surface area contributed by atoms with E-state index in [-0.39, 0.29) is 5.41 Å². The van der Waals surface area contributed by atoms with E-state index in [9.17, 15) is 4.79 Å². The smallest absolute Gasteiger partial charge is 0.222 e. The summed E-state index contributed by atoms with van der Waals surface area (Å²) in [5, 5.41) is 0. The maximum Gasteiger partial charge on any atom is 0.222 e. The lowest BCUT2D eigenvalue weighted by Gasteiger charge is -2.48. The lowest BCUT2D eigenvalue weighted by Crippen LogP contribution is -2.54. The average Bonchev–Trinajstić information content (AvgIpc) is 3.28. The van der Waals surface area contributed by atoms with E-state index in [0.29, 0.717) is 12.3 Å². The lowest BCUT2D eigenvalue weighted by atomic mass is 9.73. The van der Waals surface area contributed by atoms with Gasteiger partial charge in [0.1, 0.15) is 11.5 Å². The van der Waals surface area contributed by atoms with Crippen molar-refractivity contribution in [2.45, 2.75) is 45.6 Å². The van der Waals surface area contributed by atoms with Crippen molar-refractivity contribution in [3.8, 4) is 0 Å². The number of H-pyrrole nitrogens is 1.